The van der Waals surface area contributed by atoms with Crippen LogP contribution in [0.5, 0.6) is 5.75 Å². The molecule has 12 heteroatoms. The van der Waals surface area contributed by atoms with Crippen LogP contribution in [0.3, 0.4) is 0 Å². The van der Waals surface area contributed by atoms with Crippen molar-refractivity contribution in [2.75, 3.05) is 17.1 Å². The first-order valence-corrected chi connectivity index (χ1v) is 10.3. The van der Waals surface area contributed by atoms with Crippen LogP contribution in [0.15, 0.2) is 71.6 Å². The van der Waals surface area contributed by atoms with E-state index in [0.717, 1.165) is 11.9 Å². The van der Waals surface area contributed by atoms with Crippen LogP contribution in [-0.4, -0.2) is 26.9 Å². The van der Waals surface area contributed by atoms with Gasteiger partial charge in [0.25, 0.3) is 11.4 Å². The van der Waals surface area contributed by atoms with Crippen LogP contribution in [0, 0.1) is 20.2 Å². The first-order valence-electron chi connectivity index (χ1n) is 9.47. The zero-order chi connectivity index (χ0) is 23.4. The molecule has 0 saturated heterocycles. The molecule has 11 nitrogen and oxygen atoms in total. The molecule has 2 N–H and O–H groups in total. The maximum absolute atomic E-state index is 11.3. The first-order chi connectivity index (χ1) is 15.9. The molecule has 0 aliphatic rings. The highest BCUT2D eigenvalue weighted by atomic mass is 32.2. The van der Waals surface area contributed by atoms with E-state index in [9.17, 15) is 20.2 Å². The van der Waals surface area contributed by atoms with Crippen molar-refractivity contribution in [2.24, 2.45) is 0 Å². The molecular weight excluding hydrogens is 448 g/mol. The summed E-state index contributed by atoms with van der Waals surface area (Å²) in [5, 5.41) is 25.4. The van der Waals surface area contributed by atoms with Gasteiger partial charge in [0, 0.05) is 29.2 Å². The monoisotopic (exact) mass is 464 g/mol. The summed E-state index contributed by atoms with van der Waals surface area (Å²) in [5.74, 6) is 0.964. The third kappa shape index (κ3) is 5.07. The van der Waals surface area contributed by atoms with Crippen molar-refractivity contribution >= 4 is 51.7 Å². The van der Waals surface area contributed by atoms with E-state index in [1.54, 1.807) is 30.3 Å². The van der Waals surface area contributed by atoms with Gasteiger partial charge in [0.1, 0.15) is 5.75 Å². The Bertz CT molecular complexity index is 1370. The predicted molar refractivity (Wildman–Crippen MR) is 125 cm³/mol. The number of ether oxygens (including phenoxy) is 1. The minimum Gasteiger partial charge on any atom is -0.496 e. The zero-order valence-corrected chi connectivity index (χ0v) is 17.9. The van der Waals surface area contributed by atoms with Crippen LogP contribution >= 0.6 is 11.9 Å². The number of anilines is 3. The van der Waals surface area contributed by atoms with E-state index >= 15 is 0 Å². The molecule has 1 heterocycles. The maximum Gasteiger partial charge on any atom is 0.275 e. The molecular formula is C21H16N6O5S. The molecule has 166 valence electrons. The molecule has 0 bridgehead atoms. The Kier molecular flexibility index (Phi) is 6.17. The summed E-state index contributed by atoms with van der Waals surface area (Å²) in [6.07, 6.45) is 0. The molecule has 0 aliphatic heterocycles. The quantitative estimate of drug-likeness (QED) is 0.200. The Labute approximate surface area is 191 Å². The third-order valence-electron chi connectivity index (χ3n) is 4.47. The molecule has 0 atom stereocenters. The number of benzene rings is 3. The Morgan fingerprint density at radius 1 is 0.848 bits per heavy atom. The van der Waals surface area contributed by atoms with E-state index in [-0.39, 0.29) is 11.4 Å². The molecule has 4 rings (SSSR count). The lowest BCUT2D eigenvalue weighted by Gasteiger charge is -2.13. The summed E-state index contributed by atoms with van der Waals surface area (Å²) in [6.45, 7) is 0. The van der Waals surface area contributed by atoms with Crippen LogP contribution in [0.1, 0.15) is 0 Å². The summed E-state index contributed by atoms with van der Waals surface area (Å²) in [7, 11) is 1.42. The van der Waals surface area contributed by atoms with E-state index in [1.807, 2.05) is 12.1 Å². The van der Waals surface area contributed by atoms with Gasteiger partial charge in [-0.2, -0.15) is 0 Å². The van der Waals surface area contributed by atoms with Gasteiger partial charge in [0.2, 0.25) is 0 Å². The van der Waals surface area contributed by atoms with E-state index in [0.29, 0.717) is 39.0 Å². The fourth-order valence-corrected chi connectivity index (χ4v) is 3.62. The standard InChI is InChI=1S/C21H16N6O5S/c1-32-16-10-13(9-15(11-16)27(30)31)22-20-21(24-19-8-3-2-7-18(19)23-20)25-33-17-6-4-5-14(12-17)26(28)29/h2-12H,1H3,(H,22,23)(H,24,25). The number of para-hydroxylation sites is 2. The average Bonchev–Trinajstić information content (AvgIpc) is 2.82. The number of rotatable bonds is 8. The first kappa shape index (κ1) is 21.8. The average molecular weight is 464 g/mol. The number of nitrogens with one attached hydrogen (secondary N) is 2. The van der Waals surface area contributed by atoms with Crippen molar-refractivity contribution in [1.29, 1.82) is 0 Å². The lowest BCUT2D eigenvalue weighted by Crippen LogP contribution is -2.03. The SMILES string of the molecule is COc1cc(Nc2nc3ccccc3nc2NSc2cccc([N+](=O)[O-])c2)cc([N+](=O)[O-])c1. The van der Waals surface area contributed by atoms with Gasteiger partial charge >= 0.3 is 0 Å². The molecule has 0 unspecified atom stereocenters. The highest BCUT2D eigenvalue weighted by Crippen LogP contribution is 2.32. The third-order valence-corrected chi connectivity index (χ3v) is 5.25. The van der Waals surface area contributed by atoms with E-state index in [2.05, 4.69) is 20.0 Å². The fourth-order valence-electron chi connectivity index (χ4n) is 2.94. The molecule has 3 aromatic carbocycles. The summed E-state index contributed by atoms with van der Waals surface area (Å²) in [5.41, 5.74) is 1.44. The summed E-state index contributed by atoms with van der Waals surface area (Å²) in [6, 6.07) is 17.7. The Morgan fingerprint density at radius 2 is 1.55 bits per heavy atom. The Hall–Kier alpha value is -4.45. The van der Waals surface area contributed by atoms with Crippen molar-refractivity contribution in [3.63, 3.8) is 0 Å². The smallest absolute Gasteiger partial charge is 0.275 e. The van der Waals surface area contributed by atoms with Crippen LogP contribution in [0.4, 0.5) is 28.7 Å². The van der Waals surface area contributed by atoms with E-state index in [1.165, 1.54) is 31.4 Å². The summed E-state index contributed by atoms with van der Waals surface area (Å²) >= 11 is 1.12. The molecule has 0 saturated carbocycles. The molecule has 0 aliphatic carbocycles. The largest absolute Gasteiger partial charge is 0.496 e. The highest BCUT2D eigenvalue weighted by molar-refractivity contribution is 8.00. The van der Waals surface area contributed by atoms with Crippen molar-refractivity contribution < 1.29 is 14.6 Å². The van der Waals surface area contributed by atoms with Gasteiger partial charge in [-0.3, -0.25) is 20.2 Å². The summed E-state index contributed by atoms with van der Waals surface area (Å²) < 4.78 is 8.23. The predicted octanol–water partition coefficient (Wildman–Crippen LogP) is 5.32. The number of nitro benzene ring substituents is 2. The number of nitrogens with zero attached hydrogens (tertiary/aromatic N) is 4. The number of nitro groups is 2. The maximum atomic E-state index is 11.3. The van der Waals surface area contributed by atoms with Gasteiger partial charge < -0.3 is 14.8 Å². The molecule has 0 radical (unpaired) electrons. The fraction of sp³-hybridized carbons (Fsp3) is 0.0476. The second-order valence-electron chi connectivity index (χ2n) is 6.67. The second kappa shape index (κ2) is 9.36. The molecule has 4 aromatic rings. The van der Waals surface area contributed by atoms with Crippen molar-refractivity contribution in [3.05, 3.63) is 87.0 Å². The van der Waals surface area contributed by atoms with Crippen LogP contribution in [-0.2, 0) is 0 Å². The second-order valence-corrected chi connectivity index (χ2v) is 7.55. The number of aromatic nitrogens is 2. The lowest BCUT2D eigenvalue weighted by atomic mass is 10.2. The van der Waals surface area contributed by atoms with Gasteiger partial charge in [0.05, 0.1) is 39.7 Å². The normalized spacial score (nSPS) is 10.6. The van der Waals surface area contributed by atoms with Gasteiger partial charge in [-0.05, 0) is 30.1 Å². The zero-order valence-electron chi connectivity index (χ0n) is 17.1. The van der Waals surface area contributed by atoms with Crippen LogP contribution < -0.4 is 14.8 Å². The van der Waals surface area contributed by atoms with Crippen molar-refractivity contribution in [1.82, 2.24) is 9.97 Å². The van der Waals surface area contributed by atoms with Crippen LogP contribution in [0.2, 0.25) is 0 Å². The van der Waals surface area contributed by atoms with Gasteiger partial charge in [-0.15, -0.1) is 0 Å². The van der Waals surface area contributed by atoms with Crippen LogP contribution in [0.25, 0.3) is 11.0 Å². The minimum absolute atomic E-state index is 0.0339. The molecule has 33 heavy (non-hydrogen) atoms. The van der Waals surface area contributed by atoms with E-state index in [4.69, 9.17) is 4.74 Å². The Balaban J connectivity index is 1.69. The number of hydrogen-bond donors (Lipinski definition) is 2. The van der Waals surface area contributed by atoms with E-state index < -0.39 is 9.85 Å². The van der Waals surface area contributed by atoms with Crippen molar-refractivity contribution in [2.45, 2.75) is 4.90 Å². The summed E-state index contributed by atoms with van der Waals surface area (Å²) in [4.78, 5) is 31.1. The minimum atomic E-state index is -0.517. The number of hydrogen-bond acceptors (Lipinski definition) is 10. The van der Waals surface area contributed by atoms with Gasteiger partial charge in [0.15, 0.2) is 11.6 Å². The number of methoxy groups -OCH3 is 1. The van der Waals surface area contributed by atoms with Gasteiger partial charge in [-0.1, -0.05) is 18.2 Å². The number of fused-ring (bicyclic) bond motifs is 1. The highest BCUT2D eigenvalue weighted by Gasteiger charge is 2.15. The molecule has 0 fully saturated rings. The van der Waals surface area contributed by atoms with Gasteiger partial charge in [-0.25, -0.2) is 9.97 Å². The molecule has 0 amide bonds. The Morgan fingerprint density at radius 3 is 2.21 bits per heavy atom. The topological polar surface area (TPSA) is 145 Å². The van der Waals surface area contributed by atoms with Crippen molar-refractivity contribution in [3.8, 4) is 5.75 Å². The molecule has 1 aromatic heterocycles. The number of non-ortho nitro benzene ring substituents is 2. The molecule has 0 spiro atoms. The lowest BCUT2D eigenvalue weighted by molar-refractivity contribution is -0.385.